The minimum Gasteiger partial charge on any atom is -0.368 e. The molecule has 12 heavy (non-hydrogen) atoms. The zero-order chi connectivity index (χ0) is 8.97. The van der Waals surface area contributed by atoms with Gasteiger partial charge in [0.25, 0.3) is 0 Å². The van der Waals surface area contributed by atoms with Crippen molar-refractivity contribution in [2.45, 2.75) is 12.5 Å². The zero-order valence-electron chi connectivity index (χ0n) is 7.07. The lowest BCUT2D eigenvalue weighted by Gasteiger charge is -2.37. The monoisotopic (exact) mass is 169 g/mol. The molecule has 0 aromatic heterocycles. The summed E-state index contributed by atoms with van der Waals surface area (Å²) in [5, 5.41) is 0. The molecule has 1 heterocycles. The van der Waals surface area contributed by atoms with Crippen LogP contribution in [0.2, 0.25) is 0 Å². The Bertz CT molecular complexity index is 191. The first-order valence-electron chi connectivity index (χ1n) is 4.14. The number of primary amides is 1. The zero-order valence-corrected chi connectivity index (χ0v) is 7.07. The summed E-state index contributed by atoms with van der Waals surface area (Å²) in [5.74, 6) is -0.220. The molecule has 1 amide bonds. The van der Waals surface area contributed by atoms with Gasteiger partial charge in [0, 0.05) is 19.6 Å². The highest BCUT2D eigenvalue weighted by atomic mass is 16.1. The number of rotatable bonds is 4. The molecule has 0 bridgehead atoms. The number of nitrogens with two attached hydrogens (primary N) is 2. The molecule has 0 aromatic rings. The summed E-state index contributed by atoms with van der Waals surface area (Å²) in [7, 11) is 0. The summed E-state index contributed by atoms with van der Waals surface area (Å²) in [4.78, 5) is 12.8. The average Bonchev–Trinajstić information content (AvgIpc) is 1.94. The lowest BCUT2D eigenvalue weighted by molar-refractivity contribution is -0.127. The maximum Gasteiger partial charge on any atom is 0.234 e. The van der Waals surface area contributed by atoms with Crippen LogP contribution in [0.3, 0.4) is 0 Å². The van der Waals surface area contributed by atoms with Crippen molar-refractivity contribution in [1.29, 1.82) is 0 Å². The topological polar surface area (TPSA) is 72.3 Å². The molecular weight excluding hydrogens is 154 g/mol. The predicted octanol–water partition coefficient (Wildman–Crippen LogP) is -0.939. The number of amides is 1. The van der Waals surface area contributed by atoms with E-state index >= 15 is 0 Å². The summed E-state index contributed by atoms with van der Waals surface area (Å²) in [6, 6.07) is -0.0487. The molecule has 1 aliphatic rings. The second-order valence-corrected chi connectivity index (χ2v) is 2.91. The Morgan fingerprint density at radius 3 is 2.75 bits per heavy atom. The third-order valence-electron chi connectivity index (χ3n) is 2.10. The van der Waals surface area contributed by atoms with Gasteiger partial charge in [-0.15, -0.1) is 0 Å². The van der Waals surface area contributed by atoms with Crippen LogP contribution in [0.25, 0.3) is 0 Å². The van der Waals surface area contributed by atoms with Gasteiger partial charge in [-0.05, 0) is 6.42 Å². The minimum absolute atomic E-state index is 0.0487. The van der Waals surface area contributed by atoms with Crippen LogP contribution in [0.15, 0.2) is 12.2 Å². The van der Waals surface area contributed by atoms with Crippen molar-refractivity contribution in [3.05, 3.63) is 12.2 Å². The molecule has 4 nitrogen and oxygen atoms in total. The first kappa shape index (κ1) is 9.22. The number of carbonyl (C=O) groups excluding carboxylic acids is 1. The lowest BCUT2D eigenvalue weighted by atomic mass is 10.0. The van der Waals surface area contributed by atoms with Crippen LogP contribution < -0.4 is 11.5 Å². The van der Waals surface area contributed by atoms with Crippen LogP contribution >= 0.6 is 0 Å². The van der Waals surface area contributed by atoms with E-state index in [1.165, 1.54) is 0 Å². The van der Waals surface area contributed by atoms with E-state index in [1.54, 1.807) is 0 Å². The highest BCUT2D eigenvalue weighted by Crippen LogP contribution is 2.15. The van der Waals surface area contributed by atoms with Crippen LogP contribution in [-0.4, -0.2) is 36.5 Å². The normalized spacial score (nSPS) is 24.2. The van der Waals surface area contributed by atoms with Gasteiger partial charge in [0.05, 0.1) is 6.04 Å². The summed E-state index contributed by atoms with van der Waals surface area (Å²) in [6.45, 7) is 2.29. The second kappa shape index (κ2) is 4.23. The van der Waals surface area contributed by atoms with Crippen molar-refractivity contribution in [3.63, 3.8) is 0 Å². The van der Waals surface area contributed by atoms with Gasteiger partial charge in [-0.25, -0.2) is 0 Å². The molecule has 0 saturated carbocycles. The summed E-state index contributed by atoms with van der Waals surface area (Å²) < 4.78 is 0. The largest absolute Gasteiger partial charge is 0.368 e. The Morgan fingerprint density at radius 1 is 1.58 bits per heavy atom. The quantitative estimate of drug-likeness (QED) is 0.533. The fourth-order valence-electron chi connectivity index (χ4n) is 1.29. The van der Waals surface area contributed by atoms with Crippen molar-refractivity contribution in [3.8, 4) is 0 Å². The van der Waals surface area contributed by atoms with E-state index in [1.807, 2.05) is 17.1 Å². The molecule has 1 atom stereocenters. The van der Waals surface area contributed by atoms with E-state index < -0.39 is 0 Å². The van der Waals surface area contributed by atoms with E-state index in [0.717, 1.165) is 19.5 Å². The van der Waals surface area contributed by atoms with E-state index in [9.17, 15) is 4.79 Å². The van der Waals surface area contributed by atoms with Gasteiger partial charge in [0.15, 0.2) is 0 Å². The van der Waals surface area contributed by atoms with Gasteiger partial charge < -0.3 is 11.5 Å². The average molecular weight is 169 g/mol. The fraction of sp³-hybridized carbons (Fsp3) is 0.625. The van der Waals surface area contributed by atoms with E-state index in [2.05, 4.69) is 0 Å². The molecule has 0 radical (unpaired) electrons. The number of likely N-dealkylation sites (tertiary alicyclic amines) is 1. The number of hydrogen-bond donors (Lipinski definition) is 2. The maximum absolute atomic E-state index is 10.8. The summed E-state index contributed by atoms with van der Waals surface area (Å²) >= 11 is 0. The van der Waals surface area contributed by atoms with Crippen LogP contribution in [0, 0.1) is 0 Å². The molecule has 1 rings (SSSR count). The van der Waals surface area contributed by atoms with Crippen LogP contribution in [-0.2, 0) is 4.79 Å². The van der Waals surface area contributed by atoms with E-state index in [4.69, 9.17) is 11.5 Å². The van der Waals surface area contributed by atoms with Crippen LogP contribution in [0.4, 0.5) is 0 Å². The van der Waals surface area contributed by atoms with Crippen molar-refractivity contribution in [2.24, 2.45) is 11.5 Å². The van der Waals surface area contributed by atoms with Gasteiger partial charge in [0.2, 0.25) is 5.91 Å². The third kappa shape index (κ3) is 2.06. The van der Waals surface area contributed by atoms with Crippen molar-refractivity contribution in [1.82, 2.24) is 4.90 Å². The van der Waals surface area contributed by atoms with Gasteiger partial charge >= 0.3 is 0 Å². The minimum atomic E-state index is -0.220. The first-order chi connectivity index (χ1) is 5.75. The molecule has 1 fully saturated rings. The lowest BCUT2D eigenvalue weighted by Crippen LogP contribution is -2.54. The molecule has 0 spiro atoms. The molecule has 4 N–H and O–H groups in total. The Hall–Kier alpha value is -0.870. The molecule has 1 saturated heterocycles. The molecule has 0 aliphatic carbocycles. The van der Waals surface area contributed by atoms with Crippen LogP contribution in [0.1, 0.15) is 6.42 Å². The smallest absolute Gasteiger partial charge is 0.234 e. The third-order valence-corrected chi connectivity index (χ3v) is 2.10. The standard InChI is InChI=1S/C8H15N3O/c9-4-1-2-5-11-6-3-7(11)8(10)12/h1-2,7H,3-6,9H2,(H2,10,12)/b2-1+. The molecule has 4 heteroatoms. The Morgan fingerprint density at radius 2 is 2.33 bits per heavy atom. The summed E-state index contributed by atoms with van der Waals surface area (Å²) in [5.41, 5.74) is 10.4. The van der Waals surface area contributed by atoms with E-state index in [0.29, 0.717) is 6.54 Å². The highest BCUT2D eigenvalue weighted by molar-refractivity contribution is 5.80. The van der Waals surface area contributed by atoms with Gasteiger partial charge in [-0.3, -0.25) is 9.69 Å². The number of nitrogens with zero attached hydrogens (tertiary/aromatic N) is 1. The van der Waals surface area contributed by atoms with E-state index in [-0.39, 0.29) is 11.9 Å². The molecule has 0 aromatic carbocycles. The van der Waals surface area contributed by atoms with Crippen molar-refractivity contribution >= 4 is 5.91 Å². The summed E-state index contributed by atoms with van der Waals surface area (Å²) in [6.07, 6.45) is 4.75. The predicted molar refractivity (Wildman–Crippen MR) is 47.4 cm³/mol. The Kier molecular flexibility index (Phi) is 3.25. The SMILES string of the molecule is NC/C=C/CN1CCC1C(N)=O. The molecule has 1 unspecified atom stereocenters. The molecule has 1 aliphatic heterocycles. The molecular formula is C8H15N3O. The highest BCUT2D eigenvalue weighted by Gasteiger charge is 2.30. The van der Waals surface area contributed by atoms with Crippen LogP contribution in [0.5, 0.6) is 0 Å². The Labute approximate surface area is 72.2 Å². The van der Waals surface area contributed by atoms with Crippen molar-refractivity contribution in [2.75, 3.05) is 19.6 Å². The Balaban J connectivity index is 2.25. The first-order valence-corrected chi connectivity index (χ1v) is 4.14. The van der Waals surface area contributed by atoms with Gasteiger partial charge in [0.1, 0.15) is 0 Å². The van der Waals surface area contributed by atoms with Gasteiger partial charge in [-0.1, -0.05) is 12.2 Å². The second-order valence-electron chi connectivity index (χ2n) is 2.91. The maximum atomic E-state index is 10.8. The fourth-order valence-corrected chi connectivity index (χ4v) is 1.29. The van der Waals surface area contributed by atoms with Gasteiger partial charge in [-0.2, -0.15) is 0 Å². The molecule has 68 valence electrons. The number of carbonyl (C=O) groups is 1. The number of hydrogen-bond acceptors (Lipinski definition) is 3. The van der Waals surface area contributed by atoms with Crippen molar-refractivity contribution < 1.29 is 4.79 Å².